The molecule has 2 rings (SSSR count). The lowest BCUT2D eigenvalue weighted by Crippen LogP contribution is -2.36. The van der Waals surface area contributed by atoms with E-state index < -0.39 is 11.5 Å². The van der Waals surface area contributed by atoms with Gasteiger partial charge < -0.3 is 10.4 Å². The van der Waals surface area contributed by atoms with Gasteiger partial charge in [0.25, 0.3) is 0 Å². The normalized spacial score (nSPS) is 15.4. The summed E-state index contributed by atoms with van der Waals surface area (Å²) in [5.74, 6) is -0.705. The van der Waals surface area contributed by atoms with Crippen LogP contribution in [0.5, 0.6) is 0 Å². The Kier molecular flexibility index (Phi) is 4.45. The maximum Gasteiger partial charge on any atom is 0.331 e. The second kappa shape index (κ2) is 6.11. The molecule has 2 N–H and O–H groups in total. The molecule has 0 saturated heterocycles. The highest BCUT2D eigenvalue weighted by Gasteiger charge is 2.30. The third-order valence-corrected chi connectivity index (χ3v) is 3.73. The highest BCUT2D eigenvalue weighted by molar-refractivity contribution is 5.91. The third kappa shape index (κ3) is 3.71. The summed E-state index contributed by atoms with van der Waals surface area (Å²) in [6.07, 6.45) is 8.44. The van der Waals surface area contributed by atoms with Gasteiger partial charge in [-0.15, -0.1) is 0 Å². The van der Waals surface area contributed by atoms with E-state index in [0.29, 0.717) is 12.2 Å². The monoisotopic (exact) mass is 291 g/mol. The van der Waals surface area contributed by atoms with Crippen molar-refractivity contribution in [2.24, 2.45) is 0 Å². The molecule has 21 heavy (non-hydrogen) atoms. The molecule has 1 amide bonds. The molecular formula is C15H21N3O3. The van der Waals surface area contributed by atoms with Gasteiger partial charge in [-0.25, -0.2) is 4.79 Å². The van der Waals surface area contributed by atoms with Gasteiger partial charge in [-0.2, -0.15) is 5.10 Å². The molecule has 1 heterocycles. The number of allylic oxidation sites excluding steroid dienone is 1. The minimum Gasteiger partial charge on any atom is -0.479 e. The summed E-state index contributed by atoms with van der Waals surface area (Å²) in [6.45, 7) is 3.11. The van der Waals surface area contributed by atoms with Gasteiger partial charge in [0.15, 0.2) is 11.4 Å². The Morgan fingerprint density at radius 3 is 2.81 bits per heavy atom. The molecule has 1 aliphatic carbocycles. The molecule has 0 aromatic carbocycles. The van der Waals surface area contributed by atoms with Crippen LogP contribution in [-0.2, 0) is 15.1 Å². The number of carboxylic acids is 1. The zero-order valence-corrected chi connectivity index (χ0v) is 12.4. The first-order valence-electron chi connectivity index (χ1n) is 7.17. The molecule has 0 saturated carbocycles. The maximum atomic E-state index is 12.0. The van der Waals surface area contributed by atoms with E-state index in [9.17, 15) is 9.59 Å². The number of aliphatic carboxylic acids is 1. The molecule has 0 spiro atoms. The summed E-state index contributed by atoms with van der Waals surface area (Å²) in [5.41, 5.74) is 0.0264. The SMILES string of the molecule is CC(C)(C(=O)O)n1ccc(NC(=O)CC2=CCCCC2)n1. The summed E-state index contributed by atoms with van der Waals surface area (Å²) in [4.78, 5) is 23.1. The first-order valence-corrected chi connectivity index (χ1v) is 7.17. The van der Waals surface area contributed by atoms with E-state index in [1.165, 1.54) is 16.7 Å². The molecule has 6 nitrogen and oxygen atoms in total. The van der Waals surface area contributed by atoms with Gasteiger partial charge in [0.2, 0.25) is 5.91 Å². The molecule has 0 radical (unpaired) electrons. The van der Waals surface area contributed by atoms with E-state index in [4.69, 9.17) is 5.11 Å². The van der Waals surface area contributed by atoms with Gasteiger partial charge in [-0.05, 0) is 39.5 Å². The standard InChI is InChI=1S/C15H21N3O3/c1-15(2,14(20)21)18-9-8-12(17-18)16-13(19)10-11-6-4-3-5-7-11/h6,8-9H,3-5,7,10H2,1-2H3,(H,20,21)(H,16,17,19). The smallest absolute Gasteiger partial charge is 0.331 e. The van der Waals surface area contributed by atoms with Crippen molar-refractivity contribution in [1.29, 1.82) is 0 Å². The van der Waals surface area contributed by atoms with Gasteiger partial charge in [0, 0.05) is 18.7 Å². The number of hydrogen-bond donors (Lipinski definition) is 2. The van der Waals surface area contributed by atoms with Crippen molar-refractivity contribution >= 4 is 17.7 Å². The van der Waals surface area contributed by atoms with Crippen LogP contribution in [0.1, 0.15) is 46.0 Å². The maximum absolute atomic E-state index is 12.0. The van der Waals surface area contributed by atoms with E-state index >= 15 is 0 Å². The molecule has 0 atom stereocenters. The molecule has 114 valence electrons. The lowest BCUT2D eigenvalue weighted by atomic mass is 9.97. The quantitative estimate of drug-likeness (QED) is 0.816. The molecule has 0 unspecified atom stereocenters. The second-order valence-electron chi connectivity index (χ2n) is 5.84. The van der Waals surface area contributed by atoms with E-state index in [0.717, 1.165) is 19.3 Å². The molecule has 0 fully saturated rings. The van der Waals surface area contributed by atoms with E-state index in [-0.39, 0.29) is 5.91 Å². The first kappa shape index (κ1) is 15.3. The van der Waals surface area contributed by atoms with Crippen molar-refractivity contribution in [2.75, 3.05) is 5.32 Å². The fourth-order valence-electron chi connectivity index (χ4n) is 2.26. The summed E-state index contributed by atoms with van der Waals surface area (Å²) < 4.78 is 1.34. The number of carboxylic acid groups (broad SMARTS) is 1. The van der Waals surface area contributed by atoms with E-state index in [2.05, 4.69) is 16.5 Å². The topological polar surface area (TPSA) is 84.2 Å². The highest BCUT2D eigenvalue weighted by Crippen LogP contribution is 2.21. The number of carbonyl (C=O) groups is 2. The van der Waals surface area contributed by atoms with Crippen LogP contribution in [0.4, 0.5) is 5.82 Å². The number of nitrogens with one attached hydrogen (secondary N) is 1. The van der Waals surface area contributed by atoms with Crippen molar-refractivity contribution in [3.63, 3.8) is 0 Å². The first-order chi connectivity index (χ1) is 9.89. The second-order valence-corrected chi connectivity index (χ2v) is 5.84. The predicted octanol–water partition coefficient (Wildman–Crippen LogP) is 2.53. The third-order valence-electron chi connectivity index (χ3n) is 3.73. The average Bonchev–Trinajstić information content (AvgIpc) is 2.88. The zero-order chi connectivity index (χ0) is 15.5. The van der Waals surface area contributed by atoms with Crippen LogP contribution in [0, 0.1) is 0 Å². The highest BCUT2D eigenvalue weighted by atomic mass is 16.4. The number of carbonyl (C=O) groups excluding carboxylic acids is 1. The summed E-state index contributed by atoms with van der Waals surface area (Å²) in [6, 6.07) is 1.61. The molecule has 1 aliphatic rings. The minimum atomic E-state index is -1.14. The Morgan fingerprint density at radius 1 is 1.43 bits per heavy atom. The molecule has 0 bridgehead atoms. The van der Waals surface area contributed by atoms with Crippen LogP contribution < -0.4 is 5.32 Å². The number of nitrogens with zero attached hydrogens (tertiary/aromatic N) is 2. The number of amides is 1. The van der Waals surface area contributed by atoms with Crippen LogP contribution in [0.25, 0.3) is 0 Å². The van der Waals surface area contributed by atoms with Crippen LogP contribution >= 0.6 is 0 Å². The molecule has 1 aromatic heterocycles. The van der Waals surface area contributed by atoms with Gasteiger partial charge in [-0.1, -0.05) is 11.6 Å². The lowest BCUT2D eigenvalue weighted by Gasteiger charge is -2.19. The fourth-order valence-corrected chi connectivity index (χ4v) is 2.26. The number of anilines is 1. The summed E-state index contributed by atoms with van der Waals surface area (Å²) >= 11 is 0. The largest absolute Gasteiger partial charge is 0.479 e. The number of hydrogen-bond acceptors (Lipinski definition) is 3. The Hall–Kier alpha value is -2.11. The van der Waals surface area contributed by atoms with Crippen molar-refractivity contribution in [3.8, 4) is 0 Å². The molecular weight excluding hydrogens is 270 g/mol. The van der Waals surface area contributed by atoms with Crippen molar-refractivity contribution in [3.05, 3.63) is 23.9 Å². The van der Waals surface area contributed by atoms with Crippen LogP contribution in [-0.4, -0.2) is 26.8 Å². The van der Waals surface area contributed by atoms with Gasteiger partial charge >= 0.3 is 5.97 Å². The van der Waals surface area contributed by atoms with Gasteiger partial charge in [0.1, 0.15) is 0 Å². The van der Waals surface area contributed by atoms with Crippen molar-refractivity contribution in [1.82, 2.24) is 9.78 Å². The van der Waals surface area contributed by atoms with Crippen LogP contribution in [0.2, 0.25) is 0 Å². The minimum absolute atomic E-state index is 0.110. The number of rotatable bonds is 5. The average molecular weight is 291 g/mol. The Balaban J connectivity index is 1.97. The Labute approximate surface area is 123 Å². The summed E-state index contributed by atoms with van der Waals surface area (Å²) in [7, 11) is 0. The van der Waals surface area contributed by atoms with E-state index in [1.54, 1.807) is 26.1 Å². The molecule has 1 aromatic rings. The van der Waals surface area contributed by atoms with Gasteiger partial charge in [-0.3, -0.25) is 9.48 Å². The predicted molar refractivity (Wildman–Crippen MR) is 79.0 cm³/mol. The van der Waals surface area contributed by atoms with E-state index in [1.807, 2.05) is 0 Å². The molecule has 0 aliphatic heterocycles. The van der Waals surface area contributed by atoms with Crippen LogP contribution in [0.3, 0.4) is 0 Å². The summed E-state index contributed by atoms with van der Waals surface area (Å²) in [5, 5.41) is 16.0. The zero-order valence-electron chi connectivity index (χ0n) is 12.4. The fraction of sp³-hybridized carbons (Fsp3) is 0.533. The van der Waals surface area contributed by atoms with Gasteiger partial charge in [0.05, 0.1) is 0 Å². The Morgan fingerprint density at radius 2 is 2.19 bits per heavy atom. The van der Waals surface area contributed by atoms with Crippen LogP contribution in [0.15, 0.2) is 23.9 Å². The lowest BCUT2D eigenvalue weighted by molar-refractivity contribution is -0.146. The van der Waals surface area contributed by atoms with Crippen molar-refractivity contribution < 1.29 is 14.7 Å². The number of aromatic nitrogens is 2. The Bertz CT molecular complexity index is 572. The van der Waals surface area contributed by atoms with Crippen molar-refractivity contribution in [2.45, 2.75) is 51.5 Å². The molecule has 6 heteroatoms.